The number of amides is 1. The van der Waals surface area contributed by atoms with Gasteiger partial charge in [-0.25, -0.2) is 9.97 Å². The molecular weight excluding hydrogens is 459 g/mol. The van der Waals surface area contributed by atoms with Gasteiger partial charge in [0.25, 0.3) is 5.91 Å². The van der Waals surface area contributed by atoms with Gasteiger partial charge >= 0.3 is 0 Å². The molecule has 0 aliphatic carbocycles. The number of piperazine rings is 1. The lowest BCUT2D eigenvalue weighted by molar-refractivity contribution is 0.0746. The quantitative estimate of drug-likeness (QED) is 0.455. The second-order valence-electron chi connectivity index (χ2n) is 7.70. The van der Waals surface area contributed by atoms with E-state index in [0.717, 1.165) is 41.6 Å². The zero-order chi connectivity index (χ0) is 22.8. The average molecular weight is 479 g/mol. The number of carbonyl (C=O) groups excluding carboxylic acids is 1. The number of anilines is 1. The minimum Gasteiger partial charge on any atom is -0.353 e. The Hall–Kier alpha value is -3.42. The van der Waals surface area contributed by atoms with Crippen LogP contribution >= 0.6 is 23.2 Å². The van der Waals surface area contributed by atoms with Gasteiger partial charge in [0, 0.05) is 55.9 Å². The van der Waals surface area contributed by atoms with Crippen molar-refractivity contribution in [1.29, 1.82) is 0 Å². The molecule has 0 radical (unpaired) electrons. The fourth-order valence-electron chi connectivity index (χ4n) is 3.80. The average Bonchev–Trinajstić information content (AvgIpc) is 3.36. The number of aromatic amines is 1. The first-order valence-corrected chi connectivity index (χ1v) is 11.3. The van der Waals surface area contributed by atoms with Gasteiger partial charge in [0.05, 0.1) is 27.5 Å². The number of carbonyl (C=O) groups is 1. The number of pyridine rings is 2. The third kappa shape index (κ3) is 4.55. The summed E-state index contributed by atoms with van der Waals surface area (Å²) < 4.78 is 0. The van der Waals surface area contributed by atoms with Crippen LogP contribution < -0.4 is 4.90 Å². The van der Waals surface area contributed by atoms with Crippen LogP contribution in [0.5, 0.6) is 0 Å². The number of aromatic nitrogens is 4. The molecule has 5 rings (SSSR count). The SMILES string of the molecule is O=C(c1cccnc1)N1CCN(c2ccc(-c3ncc(-c4ccc(Cl)c(Cl)c4)[nH]3)cn2)CC1. The largest absolute Gasteiger partial charge is 0.353 e. The third-order valence-electron chi connectivity index (χ3n) is 5.63. The topological polar surface area (TPSA) is 78.0 Å². The van der Waals surface area contributed by atoms with Crippen molar-refractivity contribution in [2.75, 3.05) is 31.1 Å². The molecule has 1 N–H and O–H groups in total. The smallest absolute Gasteiger partial charge is 0.255 e. The van der Waals surface area contributed by atoms with E-state index in [1.54, 1.807) is 49.1 Å². The molecule has 1 aliphatic rings. The minimum absolute atomic E-state index is 0.0154. The molecule has 9 heteroatoms. The molecule has 1 saturated heterocycles. The van der Waals surface area contributed by atoms with E-state index in [9.17, 15) is 4.79 Å². The highest BCUT2D eigenvalue weighted by molar-refractivity contribution is 6.42. The summed E-state index contributed by atoms with van der Waals surface area (Å²) >= 11 is 12.1. The van der Waals surface area contributed by atoms with Crippen LogP contribution in [-0.4, -0.2) is 56.9 Å². The van der Waals surface area contributed by atoms with E-state index in [0.29, 0.717) is 28.7 Å². The molecule has 0 atom stereocenters. The van der Waals surface area contributed by atoms with E-state index in [1.807, 2.05) is 23.1 Å². The van der Waals surface area contributed by atoms with Crippen molar-refractivity contribution >= 4 is 34.9 Å². The molecule has 0 spiro atoms. The maximum atomic E-state index is 12.6. The minimum atomic E-state index is 0.0154. The highest BCUT2D eigenvalue weighted by Gasteiger charge is 2.23. The summed E-state index contributed by atoms with van der Waals surface area (Å²) in [5, 5.41) is 1.01. The Labute approximate surface area is 201 Å². The molecule has 33 heavy (non-hydrogen) atoms. The van der Waals surface area contributed by atoms with E-state index in [1.165, 1.54) is 0 Å². The molecule has 1 fully saturated rings. The third-order valence-corrected chi connectivity index (χ3v) is 6.37. The second kappa shape index (κ2) is 9.21. The van der Waals surface area contributed by atoms with Crippen molar-refractivity contribution in [2.24, 2.45) is 0 Å². The van der Waals surface area contributed by atoms with Gasteiger partial charge in [0.2, 0.25) is 0 Å². The van der Waals surface area contributed by atoms with Gasteiger partial charge in [0.1, 0.15) is 11.6 Å². The predicted molar refractivity (Wildman–Crippen MR) is 130 cm³/mol. The Morgan fingerprint density at radius 1 is 0.879 bits per heavy atom. The van der Waals surface area contributed by atoms with Gasteiger partial charge in [0.15, 0.2) is 0 Å². The van der Waals surface area contributed by atoms with Crippen LogP contribution in [0.15, 0.2) is 67.3 Å². The van der Waals surface area contributed by atoms with Crippen LogP contribution in [0.3, 0.4) is 0 Å². The number of hydrogen-bond donors (Lipinski definition) is 1. The van der Waals surface area contributed by atoms with Crippen molar-refractivity contribution in [3.63, 3.8) is 0 Å². The predicted octanol–water partition coefficient (Wildman–Crippen LogP) is 4.80. The summed E-state index contributed by atoms with van der Waals surface area (Å²) in [6.45, 7) is 2.73. The Balaban J connectivity index is 1.24. The molecule has 166 valence electrons. The van der Waals surface area contributed by atoms with Crippen LogP contribution in [0.1, 0.15) is 10.4 Å². The van der Waals surface area contributed by atoms with E-state index in [-0.39, 0.29) is 5.91 Å². The molecular formula is C24H20Cl2N6O. The monoisotopic (exact) mass is 478 g/mol. The van der Waals surface area contributed by atoms with Gasteiger partial charge in [-0.1, -0.05) is 29.3 Å². The highest BCUT2D eigenvalue weighted by Crippen LogP contribution is 2.29. The molecule has 4 heterocycles. The maximum absolute atomic E-state index is 12.6. The maximum Gasteiger partial charge on any atom is 0.255 e. The fourth-order valence-corrected chi connectivity index (χ4v) is 4.10. The Kier molecular flexibility index (Phi) is 5.98. The molecule has 4 aromatic rings. The van der Waals surface area contributed by atoms with Crippen LogP contribution in [0.2, 0.25) is 10.0 Å². The normalized spacial score (nSPS) is 13.9. The van der Waals surface area contributed by atoms with Crippen LogP contribution in [0.25, 0.3) is 22.6 Å². The van der Waals surface area contributed by atoms with E-state index in [4.69, 9.17) is 23.2 Å². The number of hydrogen-bond acceptors (Lipinski definition) is 5. The second-order valence-corrected chi connectivity index (χ2v) is 8.51. The summed E-state index contributed by atoms with van der Waals surface area (Å²) in [5.74, 6) is 1.62. The lowest BCUT2D eigenvalue weighted by atomic mass is 10.2. The van der Waals surface area contributed by atoms with Gasteiger partial charge in [-0.2, -0.15) is 0 Å². The van der Waals surface area contributed by atoms with E-state index in [2.05, 4.69) is 24.8 Å². The molecule has 3 aromatic heterocycles. The van der Waals surface area contributed by atoms with Gasteiger partial charge in [-0.05, 0) is 36.4 Å². The molecule has 1 amide bonds. The number of H-pyrrole nitrogens is 1. The van der Waals surface area contributed by atoms with Gasteiger partial charge in [-0.3, -0.25) is 9.78 Å². The lowest BCUT2D eigenvalue weighted by Crippen LogP contribution is -2.49. The lowest BCUT2D eigenvalue weighted by Gasteiger charge is -2.35. The number of rotatable bonds is 4. The number of benzene rings is 1. The summed E-state index contributed by atoms with van der Waals surface area (Å²) in [6, 6.07) is 13.0. The summed E-state index contributed by atoms with van der Waals surface area (Å²) in [4.78, 5) is 33.1. The molecule has 1 aromatic carbocycles. The van der Waals surface area contributed by atoms with Crippen molar-refractivity contribution in [3.05, 3.63) is 82.9 Å². The zero-order valence-electron chi connectivity index (χ0n) is 17.6. The van der Waals surface area contributed by atoms with Crippen molar-refractivity contribution in [3.8, 4) is 22.6 Å². The first-order chi connectivity index (χ1) is 16.1. The first kappa shape index (κ1) is 21.4. The number of nitrogens with zero attached hydrogens (tertiary/aromatic N) is 5. The van der Waals surface area contributed by atoms with E-state index >= 15 is 0 Å². The molecule has 0 unspecified atom stereocenters. The van der Waals surface area contributed by atoms with Crippen molar-refractivity contribution < 1.29 is 4.79 Å². The standard InChI is InChI=1S/C24H20Cl2N6O/c25-19-5-3-16(12-20(19)26)21-15-29-23(30-21)17-4-6-22(28-14-17)31-8-10-32(11-9-31)24(33)18-2-1-7-27-13-18/h1-7,12-15H,8-11H2,(H,29,30). The Morgan fingerprint density at radius 2 is 1.70 bits per heavy atom. The van der Waals surface area contributed by atoms with Crippen molar-refractivity contribution in [1.82, 2.24) is 24.8 Å². The van der Waals surface area contributed by atoms with E-state index < -0.39 is 0 Å². The van der Waals surface area contributed by atoms with Crippen LogP contribution in [0, 0.1) is 0 Å². The van der Waals surface area contributed by atoms with Crippen LogP contribution in [-0.2, 0) is 0 Å². The molecule has 1 aliphatic heterocycles. The van der Waals surface area contributed by atoms with Gasteiger partial charge in [-0.15, -0.1) is 0 Å². The highest BCUT2D eigenvalue weighted by atomic mass is 35.5. The number of halogens is 2. The zero-order valence-corrected chi connectivity index (χ0v) is 19.1. The van der Waals surface area contributed by atoms with Crippen LogP contribution in [0.4, 0.5) is 5.82 Å². The Bertz CT molecular complexity index is 1270. The summed E-state index contributed by atoms with van der Waals surface area (Å²) in [5.41, 5.74) is 3.26. The molecule has 0 saturated carbocycles. The molecule has 0 bridgehead atoms. The first-order valence-electron chi connectivity index (χ1n) is 10.5. The number of nitrogens with one attached hydrogen (secondary N) is 1. The fraction of sp³-hybridized carbons (Fsp3) is 0.167. The Morgan fingerprint density at radius 3 is 2.39 bits per heavy atom. The summed E-state index contributed by atoms with van der Waals surface area (Å²) in [6.07, 6.45) is 6.85. The number of imidazole rings is 1. The van der Waals surface area contributed by atoms with Crippen molar-refractivity contribution in [2.45, 2.75) is 0 Å². The van der Waals surface area contributed by atoms with Gasteiger partial charge < -0.3 is 14.8 Å². The molecule has 7 nitrogen and oxygen atoms in total. The summed E-state index contributed by atoms with van der Waals surface area (Å²) in [7, 11) is 0.